The number of hydrogen-bond donors (Lipinski definition) is 3. The van der Waals surface area contributed by atoms with Gasteiger partial charge in [0.1, 0.15) is 0 Å². The van der Waals surface area contributed by atoms with Gasteiger partial charge in [0.25, 0.3) is 0 Å². The molecule has 1 unspecified atom stereocenters. The Bertz CT molecular complexity index is 165. The van der Waals surface area contributed by atoms with Crippen LogP contribution in [0.25, 0.3) is 0 Å². The van der Waals surface area contributed by atoms with Crippen molar-refractivity contribution in [2.75, 3.05) is 7.11 Å². The maximum atomic E-state index is 5.33. The van der Waals surface area contributed by atoms with Crippen molar-refractivity contribution in [3.05, 3.63) is 12.3 Å². The molecule has 0 spiro atoms. The number of methoxy groups -OCH3 is 1. The van der Waals surface area contributed by atoms with E-state index in [4.69, 9.17) is 16.5 Å². The molecule has 0 aromatic heterocycles. The Hall–Kier alpha value is -0.330. The number of nitrogens with one attached hydrogen (secondary N) is 3. The van der Waals surface area contributed by atoms with Crippen LogP contribution in [0, 0.1) is 0 Å². The van der Waals surface area contributed by atoms with Crippen molar-refractivity contribution >= 4 is 11.8 Å². The minimum absolute atomic E-state index is 0.521. The highest BCUT2D eigenvalue weighted by molar-refractivity contribution is 6.12. The molecule has 0 aromatic carbocycles. The van der Waals surface area contributed by atoms with Crippen molar-refractivity contribution < 1.29 is 4.74 Å². The van der Waals surface area contributed by atoms with Gasteiger partial charge in [-0.2, -0.15) is 5.43 Å². The lowest BCUT2D eigenvalue weighted by atomic mass is 10.2. The first-order chi connectivity index (χ1) is 5.20. The maximum absolute atomic E-state index is 5.33. The number of hydrogen-bond acceptors (Lipinski definition) is 5. The van der Waals surface area contributed by atoms with E-state index in [0.29, 0.717) is 0 Å². The summed E-state index contributed by atoms with van der Waals surface area (Å²) in [5.74, 6) is 0. The Balaban J connectivity index is 2.58. The minimum atomic E-state index is -0.521. The summed E-state index contributed by atoms with van der Waals surface area (Å²) in [7, 11) is 1.61. The van der Waals surface area contributed by atoms with Gasteiger partial charge in [-0.3, -0.25) is 5.43 Å². The molecule has 0 aromatic rings. The average molecular weight is 179 g/mol. The minimum Gasteiger partial charge on any atom is -0.359 e. The highest BCUT2D eigenvalue weighted by Gasteiger charge is 2.25. The molecule has 64 valence electrons. The molecule has 0 fully saturated rings. The molecule has 0 saturated heterocycles. The fraction of sp³-hybridized carbons (Fsp3) is 0.600. The molecular formula is C5H11ClN4O. The van der Waals surface area contributed by atoms with Gasteiger partial charge in [0.15, 0.2) is 5.72 Å². The van der Waals surface area contributed by atoms with Crippen LogP contribution < -0.4 is 15.8 Å². The predicted molar refractivity (Wildman–Crippen MR) is 41.7 cm³/mol. The molecule has 0 amide bonds. The van der Waals surface area contributed by atoms with Crippen molar-refractivity contribution in [3.8, 4) is 0 Å². The summed E-state index contributed by atoms with van der Waals surface area (Å²) in [4.78, 5) is 2.35. The number of halogens is 1. The normalized spacial score (nSPS) is 31.9. The Morgan fingerprint density at radius 1 is 1.73 bits per heavy atom. The monoisotopic (exact) mass is 178 g/mol. The smallest absolute Gasteiger partial charge is 0.151 e. The van der Waals surface area contributed by atoms with Crippen LogP contribution in [0.1, 0.15) is 6.92 Å². The number of hydrazine groups is 3. The van der Waals surface area contributed by atoms with Crippen molar-refractivity contribution in [1.82, 2.24) is 21.0 Å². The molecule has 11 heavy (non-hydrogen) atoms. The van der Waals surface area contributed by atoms with E-state index in [-0.39, 0.29) is 0 Å². The summed E-state index contributed by atoms with van der Waals surface area (Å²) in [6.07, 6.45) is 3.55. The van der Waals surface area contributed by atoms with E-state index in [1.165, 1.54) is 5.23 Å². The maximum Gasteiger partial charge on any atom is 0.151 e. The highest BCUT2D eigenvalue weighted by Crippen LogP contribution is 2.08. The SMILES string of the molecule is COC1(C)C=CNN(NCl)N1. The van der Waals surface area contributed by atoms with Gasteiger partial charge in [0.2, 0.25) is 0 Å². The van der Waals surface area contributed by atoms with Crippen molar-refractivity contribution in [3.63, 3.8) is 0 Å². The Morgan fingerprint density at radius 2 is 2.45 bits per heavy atom. The Morgan fingerprint density at radius 3 is 3.00 bits per heavy atom. The summed E-state index contributed by atoms with van der Waals surface area (Å²) in [5, 5.41) is 1.38. The van der Waals surface area contributed by atoms with Crippen LogP contribution in [0.15, 0.2) is 12.3 Å². The topological polar surface area (TPSA) is 48.6 Å². The molecule has 3 N–H and O–H groups in total. The van der Waals surface area contributed by atoms with Crippen LogP contribution in [0.5, 0.6) is 0 Å². The fourth-order valence-electron chi connectivity index (χ4n) is 0.722. The van der Waals surface area contributed by atoms with Crippen LogP contribution in [0.4, 0.5) is 0 Å². The molecule has 5 nitrogen and oxygen atoms in total. The van der Waals surface area contributed by atoms with E-state index < -0.39 is 5.72 Å². The first-order valence-electron chi connectivity index (χ1n) is 3.13. The number of rotatable bonds is 2. The molecular weight excluding hydrogens is 168 g/mol. The van der Waals surface area contributed by atoms with Crippen molar-refractivity contribution in [2.24, 2.45) is 0 Å². The van der Waals surface area contributed by atoms with Crippen LogP contribution in [-0.2, 0) is 4.74 Å². The predicted octanol–water partition coefficient (Wildman–Crippen LogP) is -0.154. The molecule has 0 aliphatic carbocycles. The molecule has 0 radical (unpaired) electrons. The van der Waals surface area contributed by atoms with Gasteiger partial charge < -0.3 is 4.74 Å². The first kappa shape index (κ1) is 8.76. The second kappa shape index (κ2) is 3.38. The molecule has 1 heterocycles. The highest BCUT2D eigenvalue weighted by atomic mass is 35.5. The molecule has 6 heteroatoms. The van der Waals surface area contributed by atoms with Crippen LogP contribution in [0.2, 0.25) is 0 Å². The summed E-state index contributed by atoms with van der Waals surface area (Å²) < 4.78 is 5.13. The third-order valence-corrected chi connectivity index (χ3v) is 1.62. The fourth-order valence-corrected chi connectivity index (χ4v) is 0.813. The van der Waals surface area contributed by atoms with Gasteiger partial charge in [-0.05, 0) is 24.8 Å². The lowest BCUT2D eigenvalue weighted by Crippen LogP contribution is -2.62. The third-order valence-electron chi connectivity index (χ3n) is 1.45. The van der Waals surface area contributed by atoms with E-state index in [1.54, 1.807) is 13.3 Å². The third kappa shape index (κ3) is 2.05. The Kier molecular flexibility index (Phi) is 2.69. The molecule has 1 aliphatic rings. The van der Waals surface area contributed by atoms with Crippen molar-refractivity contribution in [1.29, 1.82) is 0 Å². The lowest BCUT2D eigenvalue weighted by molar-refractivity contribution is -0.0792. The zero-order valence-electron chi connectivity index (χ0n) is 6.39. The quantitative estimate of drug-likeness (QED) is 0.514. The summed E-state index contributed by atoms with van der Waals surface area (Å²) in [6.45, 7) is 1.87. The second-order valence-corrected chi connectivity index (χ2v) is 2.47. The molecule has 1 rings (SSSR count). The average Bonchev–Trinajstić information content (AvgIpc) is 2.05. The van der Waals surface area contributed by atoms with Crippen LogP contribution >= 0.6 is 11.8 Å². The van der Waals surface area contributed by atoms with Crippen molar-refractivity contribution in [2.45, 2.75) is 12.6 Å². The van der Waals surface area contributed by atoms with Crippen LogP contribution in [0.3, 0.4) is 0 Å². The van der Waals surface area contributed by atoms with Gasteiger partial charge in [-0.1, -0.05) is 5.23 Å². The largest absolute Gasteiger partial charge is 0.359 e. The molecule has 1 atom stereocenters. The van der Waals surface area contributed by atoms with Crippen LogP contribution in [-0.4, -0.2) is 18.1 Å². The second-order valence-electron chi connectivity index (χ2n) is 2.31. The molecule has 1 aliphatic heterocycles. The van der Waals surface area contributed by atoms with E-state index >= 15 is 0 Å². The summed E-state index contributed by atoms with van der Waals surface area (Å²) in [6, 6.07) is 0. The van der Waals surface area contributed by atoms with Gasteiger partial charge in [0, 0.05) is 13.3 Å². The first-order valence-corrected chi connectivity index (χ1v) is 3.51. The lowest BCUT2D eigenvalue weighted by Gasteiger charge is -2.35. The summed E-state index contributed by atoms with van der Waals surface area (Å²) in [5.41, 5.74) is 5.16. The molecule has 0 bridgehead atoms. The zero-order chi connectivity index (χ0) is 8.32. The number of nitrogens with zero attached hydrogens (tertiary/aromatic N) is 1. The van der Waals surface area contributed by atoms with E-state index in [1.807, 2.05) is 13.0 Å². The van der Waals surface area contributed by atoms with Gasteiger partial charge in [-0.15, -0.1) is 4.94 Å². The Labute approximate surface area is 70.4 Å². The standard InChI is InChI=1S/C5H11ClN4O/c1-5(11-2)3-4-7-10(8-5)9-6/h3-4,7-9H,1-2H3. The van der Waals surface area contributed by atoms with Gasteiger partial charge >= 0.3 is 0 Å². The molecule has 0 saturated carbocycles. The van der Waals surface area contributed by atoms with Gasteiger partial charge in [0.05, 0.1) is 0 Å². The van der Waals surface area contributed by atoms with Gasteiger partial charge in [-0.25, -0.2) is 0 Å². The zero-order valence-corrected chi connectivity index (χ0v) is 7.14. The van der Waals surface area contributed by atoms with E-state index in [0.717, 1.165) is 0 Å². The van der Waals surface area contributed by atoms with E-state index in [2.05, 4.69) is 15.8 Å². The summed E-state index contributed by atoms with van der Waals surface area (Å²) >= 11 is 5.33. The van der Waals surface area contributed by atoms with E-state index in [9.17, 15) is 0 Å². The number of ether oxygens (including phenoxy) is 1.